The Morgan fingerprint density at radius 2 is 2.10 bits per heavy atom. The van der Waals surface area contributed by atoms with Crippen LogP contribution in [0, 0.1) is 6.92 Å². The van der Waals surface area contributed by atoms with Crippen molar-refractivity contribution in [1.29, 1.82) is 0 Å². The summed E-state index contributed by atoms with van der Waals surface area (Å²) in [4.78, 5) is 23.2. The number of carboxylic acid groups (broad SMARTS) is 1. The maximum absolute atomic E-state index is 12.2. The van der Waals surface area contributed by atoms with Crippen LogP contribution in [0.1, 0.15) is 34.5 Å². The van der Waals surface area contributed by atoms with Gasteiger partial charge in [-0.25, -0.2) is 0 Å². The smallest absolute Gasteiger partial charge is 0.310 e. The molecule has 2 rings (SSSR count). The van der Waals surface area contributed by atoms with Gasteiger partial charge < -0.3 is 10.4 Å². The molecule has 0 saturated heterocycles. The first-order valence-electron chi connectivity index (χ1n) is 6.53. The van der Waals surface area contributed by atoms with E-state index in [-0.39, 0.29) is 5.91 Å². The molecule has 21 heavy (non-hydrogen) atoms. The number of anilines is 1. The van der Waals surface area contributed by atoms with Crippen molar-refractivity contribution in [2.24, 2.45) is 7.05 Å². The summed E-state index contributed by atoms with van der Waals surface area (Å²) in [6.45, 7) is 3.37. The lowest BCUT2D eigenvalue weighted by Crippen LogP contribution is -2.13. The molecule has 0 saturated carbocycles. The van der Waals surface area contributed by atoms with Crippen molar-refractivity contribution in [3.05, 3.63) is 47.3 Å². The normalized spacial score (nSPS) is 12.0. The summed E-state index contributed by atoms with van der Waals surface area (Å²) < 4.78 is 1.58. The van der Waals surface area contributed by atoms with Crippen LogP contribution in [-0.2, 0) is 11.8 Å². The highest BCUT2D eigenvalue weighted by Crippen LogP contribution is 2.20. The lowest BCUT2D eigenvalue weighted by Gasteiger charge is -2.09. The SMILES string of the molecule is Cc1nn(C)cc1C(=O)Nc1cccc(C(C)C(=O)O)c1. The number of benzene rings is 1. The average Bonchev–Trinajstić information content (AvgIpc) is 2.77. The molecule has 110 valence electrons. The monoisotopic (exact) mass is 287 g/mol. The van der Waals surface area contributed by atoms with Crippen LogP contribution < -0.4 is 5.32 Å². The first kappa shape index (κ1) is 14.8. The van der Waals surface area contributed by atoms with Gasteiger partial charge in [-0.05, 0) is 31.5 Å². The number of aryl methyl sites for hydroxylation is 2. The first-order valence-corrected chi connectivity index (χ1v) is 6.53. The minimum atomic E-state index is -0.901. The summed E-state index contributed by atoms with van der Waals surface area (Å²) in [6.07, 6.45) is 1.65. The Morgan fingerprint density at radius 1 is 1.38 bits per heavy atom. The molecule has 6 heteroatoms. The highest BCUT2D eigenvalue weighted by molar-refractivity contribution is 6.04. The summed E-state index contributed by atoms with van der Waals surface area (Å²) in [5.74, 6) is -1.79. The molecule has 0 aliphatic carbocycles. The Balaban J connectivity index is 2.20. The second-order valence-corrected chi connectivity index (χ2v) is 4.94. The number of carboxylic acids is 1. The van der Waals surface area contributed by atoms with Crippen LogP contribution in [0.5, 0.6) is 0 Å². The van der Waals surface area contributed by atoms with Crippen molar-refractivity contribution in [2.45, 2.75) is 19.8 Å². The second kappa shape index (κ2) is 5.78. The lowest BCUT2D eigenvalue weighted by atomic mass is 10.0. The summed E-state index contributed by atoms with van der Waals surface area (Å²) in [6, 6.07) is 6.84. The van der Waals surface area contributed by atoms with Gasteiger partial charge in [-0.15, -0.1) is 0 Å². The van der Waals surface area contributed by atoms with Crippen LogP contribution in [-0.4, -0.2) is 26.8 Å². The number of rotatable bonds is 4. The van der Waals surface area contributed by atoms with Crippen LogP contribution in [0.15, 0.2) is 30.5 Å². The standard InChI is InChI=1S/C15H17N3O3/c1-9(15(20)21)11-5-4-6-12(7-11)16-14(19)13-8-18(3)17-10(13)2/h4-9H,1-3H3,(H,16,19)(H,20,21). The molecule has 6 nitrogen and oxygen atoms in total. The molecule has 1 unspecified atom stereocenters. The molecule has 0 fully saturated rings. The zero-order chi connectivity index (χ0) is 15.6. The fraction of sp³-hybridized carbons (Fsp3) is 0.267. The van der Waals surface area contributed by atoms with E-state index in [1.165, 1.54) is 0 Å². The van der Waals surface area contributed by atoms with Crippen LogP contribution in [0.4, 0.5) is 5.69 Å². The maximum atomic E-state index is 12.2. The molecule has 1 heterocycles. The molecular weight excluding hydrogens is 270 g/mol. The Labute approximate surface area is 122 Å². The van der Waals surface area contributed by atoms with Gasteiger partial charge in [0.25, 0.3) is 5.91 Å². The zero-order valence-electron chi connectivity index (χ0n) is 12.1. The number of carbonyl (C=O) groups is 2. The Bertz CT molecular complexity index is 691. The van der Waals surface area contributed by atoms with Crippen molar-refractivity contribution < 1.29 is 14.7 Å². The van der Waals surface area contributed by atoms with Crippen LogP contribution >= 0.6 is 0 Å². The minimum Gasteiger partial charge on any atom is -0.481 e. The van der Waals surface area contributed by atoms with Gasteiger partial charge in [0.2, 0.25) is 0 Å². The van der Waals surface area contributed by atoms with E-state index in [9.17, 15) is 9.59 Å². The number of aromatic nitrogens is 2. The van der Waals surface area contributed by atoms with Gasteiger partial charge in [0, 0.05) is 18.9 Å². The van der Waals surface area contributed by atoms with E-state index in [2.05, 4.69) is 10.4 Å². The largest absolute Gasteiger partial charge is 0.481 e. The summed E-state index contributed by atoms with van der Waals surface area (Å²) in [7, 11) is 1.75. The molecule has 1 atom stereocenters. The molecule has 0 bridgehead atoms. The molecule has 2 N–H and O–H groups in total. The fourth-order valence-electron chi connectivity index (χ4n) is 2.05. The van der Waals surface area contributed by atoms with Gasteiger partial charge in [0.05, 0.1) is 17.2 Å². The summed E-state index contributed by atoms with van der Waals surface area (Å²) in [5, 5.41) is 15.9. The zero-order valence-corrected chi connectivity index (χ0v) is 12.1. The third kappa shape index (κ3) is 3.28. The third-order valence-electron chi connectivity index (χ3n) is 3.27. The average molecular weight is 287 g/mol. The van der Waals surface area contributed by atoms with E-state index in [1.54, 1.807) is 56.0 Å². The van der Waals surface area contributed by atoms with Crippen molar-refractivity contribution in [2.75, 3.05) is 5.32 Å². The van der Waals surface area contributed by atoms with E-state index in [4.69, 9.17) is 5.11 Å². The van der Waals surface area contributed by atoms with Gasteiger partial charge in [-0.1, -0.05) is 12.1 Å². The number of nitrogens with one attached hydrogen (secondary N) is 1. The topological polar surface area (TPSA) is 84.2 Å². The van der Waals surface area contributed by atoms with Gasteiger partial charge in [-0.3, -0.25) is 14.3 Å². The molecule has 1 amide bonds. The molecule has 2 aromatic rings. The number of aliphatic carboxylic acids is 1. The van der Waals surface area contributed by atoms with E-state index in [1.807, 2.05) is 0 Å². The van der Waals surface area contributed by atoms with E-state index in [0.29, 0.717) is 22.5 Å². The molecule has 0 aliphatic rings. The quantitative estimate of drug-likeness (QED) is 0.902. The number of hydrogen-bond acceptors (Lipinski definition) is 3. The highest BCUT2D eigenvalue weighted by Gasteiger charge is 2.16. The summed E-state index contributed by atoms with van der Waals surface area (Å²) >= 11 is 0. The van der Waals surface area contributed by atoms with Crippen molar-refractivity contribution >= 4 is 17.6 Å². The fourth-order valence-corrected chi connectivity index (χ4v) is 2.05. The number of carbonyl (C=O) groups excluding carboxylic acids is 1. The van der Waals surface area contributed by atoms with Gasteiger partial charge >= 0.3 is 5.97 Å². The molecule has 1 aromatic carbocycles. The minimum absolute atomic E-state index is 0.263. The van der Waals surface area contributed by atoms with Crippen LogP contribution in [0.25, 0.3) is 0 Å². The molecule has 0 radical (unpaired) electrons. The van der Waals surface area contributed by atoms with E-state index in [0.717, 1.165) is 0 Å². The number of nitrogens with zero attached hydrogens (tertiary/aromatic N) is 2. The van der Waals surface area contributed by atoms with Crippen molar-refractivity contribution in [3.8, 4) is 0 Å². The third-order valence-corrected chi connectivity index (χ3v) is 3.27. The predicted octanol–water partition coefficient (Wildman–Crippen LogP) is 2.17. The van der Waals surface area contributed by atoms with Gasteiger partial charge in [0.15, 0.2) is 0 Å². The number of amides is 1. The van der Waals surface area contributed by atoms with Crippen LogP contribution in [0.3, 0.4) is 0 Å². The Hall–Kier alpha value is -2.63. The van der Waals surface area contributed by atoms with E-state index < -0.39 is 11.9 Å². The van der Waals surface area contributed by atoms with Gasteiger partial charge in [-0.2, -0.15) is 5.10 Å². The summed E-state index contributed by atoms with van der Waals surface area (Å²) in [5.41, 5.74) is 2.34. The van der Waals surface area contributed by atoms with Crippen molar-refractivity contribution in [1.82, 2.24) is 9.78 Å². The molecule has 0 spiro atoms. The predicted molar refractivity (Wildman–Crippen MR) is 78.4 cm³/mol. The highest BCUT2D eigenvalue weighted by atomic mass is 16.4. The Morgan fingerprint density at radius 3 is 2.67 bits per heavy atom. The molecule has 1 aromatic heterocycles. The Kier molecular flexibility index (Phi) is 4.07. The second-order valence-electron chi connectivity index (χ2n) is 4.94. The molecule has 0 aliphatic heterocycles. The molecular formula is C15H17N3O3. The van der Waals surface area contributed by atoms with Crippen LogP contribution in [0.2, 0.25) is 0 Å². The number of hydrogen-bond donors (Lipinski definition) is 2. The maximum Gasteiger partial charge on any atom is 0.310 e. The van der Waals surface area contributed by atoms with E-state index >= 15 is 0 Å². The van der Waals surface area contributed by atoms with Crippen molar-refractivity contribution in [3.63, 3.8) is 0 Å². The lowest BCUT2D eigenvalue weighted by molar-refractivity contribution is -0.138. The first-order chi connectivity index (χ1) is 9.88. The van der Waals surface area contributed by atoms with Gasteiger partial charge in [0.1, 0.15) is 0 Å².